The minimum atomic E-state index is -0.116. The number of hydrogen-bond donors (Lipinski definition) is 0. The molecular formula is C43H29N3. The van der Waals surface area contributed by atoms with Crippen molar-refractivity contribution in [2.75, 3.05) is 0 Å². The molecule has 2 aromatic heterocycles. The van der Waals surface area contributed by atoms with Gasteiger partial charge in [-0.25, -0.2) is 9.97 Å². The van der Waals surface area contributed by atoms with Crippen molar-refractivity contribution < 1.29 is 0 Å². The Kier molecular flexibility index (Phi) is 5.06. The molecule has 0 unspecified atom stereocenters. The molecule has 0 atom stereocenters. The lowest BCUT2D eigenvalue weighted by molar-refractivity contribution is 0.666. The number of hydrogen-bond acceptors (Lipinski definition) is 2. The predicted molar refractivity (Wildman–Crippen MR) is 192 cm³/mol. The molecule has 9 aromatic rings. The van der Waals surface area contributed by atoms with E-state index in [1.165, 1.54) is 49.2 Å². The fourth-order valence-corrected chi connectivity index (χ4v) is 8.07. The van der Waals surface area contributed by atoms with E-state index in [1.807, 2.05) is 0 Å². The van der Waals surface area contributed by atoms with Gasteiger partial charge in [-0.05, 0) is 62.7 Å². The van der Waals surface area contributed by atoms with Gasteiger partial charge in [0.2, 0.25) is 5.95 Å². The summed E-state index contributed by atoms with van der Waals surface area (Å²) in [6, 6.07) is 50.3. The molecule has 3 heteroatoms. The van der Waals surface area contributed by atoms with E-state index in [2.05, 4.69) is 158 Å². The van der Waals surface area contributed by atoms with Gasteiger partial charge in [-0.1, -0.05) is 129 Å². The van der Waals surface area contributed by atoms with Crippen molar-refractivity contribution in [3.63, 3.8) is 0 Å². The average molecular weight is 588 g/mol. The zero-order valence-electron chi connectivity index (χ0n) is 25.6. The molecule has 3 nitrogen and oxygen atoms in total. The molecule has 10 rings (SSSR count). The van der Waals surface area contributed by atoms with E-state index in [-0.39, 0.29) is 5.41 Å². The predicted octanol–water partition coefficient (Wildman–Crippen LogP) is 11.0. The quantitative estimate of drug-likeness (QED) is 0.188. The Balaban J connectivity index is 1.35. The minimum Gasteiger partial charge on any atom is -0.278 e. The van der Waals surface area contributed by atoms with Crippen LogP contribution in [-0.2, 0) is 5.41 Å². The molecule has 0 fully saturated rings. The van der Waals surface area contributed by atoms with Crippen LogP contribution in [0, 0.1) is 0 Å². The SMILES string of the molecule is CC1(C)c2ccccc2-c2ccc3cc4c5ccccc5n(-c5nc(-c6ccccc6)c6ccc7ccccc7c6n5)c4cc3c21. The summed E-state index contributed by atoms with van der Waals surface area (Å²) >= 11 is 0. The van der Waals surface area contributed by atoms with Gasteiger partial charge in [0, 0.05) is 32.5 Å². The Morgan fingerprint density at radius 3 is 2.13 bits per heavy atom. The molecular weight excluding hydrogens is 558 g/mol. The maximum absolute atomic E-state index is 5.40. The van der Waals surface area contributed by atoms with E-state index < -0.39 is 0 Å². The number of nitrogens with zero attached hydrogens (tertiary/aromatic N) is 3. The molecule has 0 amide bonds. The van der Waals surface area contributed by atoms with Gasteiger partial charge in [-0.3, -0.25) is 4.57 Å². The first-order valence-corrected chi connectivity index (χ1v) is 15.9. The van der Waals surface area contributed by atoms with Crippen LogP contribution in [0.1, 0.15) is 25.0 Å². The van der Waals surface area contributed by atoms with Crippen molar-refractivity contribution in [2.45, 2.75) is 19.3 Å². The third-order valence-electron chi connectivity index (χ3n) is 10.2. The van der Waals surface area contributed by atoms with E-state index in [0.29, 0.717) is 5.95 Å². The van der Waals surface area contributed by atoms with Crippen molar-refractivity contribution in [2.24, 2.45) is 0 Å². The Morgan fingerprint density at radius 2 is 1.24 bits per heavy atom. The van der Waals surface area contributed by atoms with Crippen LogP contribution in [0.25, 0.3) is 82.6 Å². The van der Waals surface area contributed by atoms with Gasteiger partial charge < -0.3 is 0 Å². The Labute approximate surface area is 266 Å². The molecule has 2 heterocycles. The number of benzene rings is 7. The van der Waals surface area contributed by atoms with Gasteiger partial charge in [0.05, 0.1) is 22.2 Å². The van der Waals surface area contributed by atoms with E-state index >= 15 is 0 Å². The zero-order valence-corrected chi connectivity index (χ0v) is 25.6. The second-order valence-electron chi connectivity index (χ2n) is 13.0. The Morgan fingerprint density at radius 1 is 0.500 bits per heavy atom. The van der Waals surface area contributed by atoms with Gasteiger partial charge in [-0.15, -0.1) is 0 Å². The topological polar surface area (TPSA) is 30.7 Å². The number of para-hydroxylation sites is 1. The highest BCUT2D eigenvalue weighted by molar-refractivity contribution is 6.15. The summed E-state index contributed by atoms with van der Waals surface area (Å²) in [5.74, 6) is 0.684. The lowest BCUT2D eigenvalue weighted by Crippen LogP contribution is -2.15. The Hall–Kier alpha value is -5.80. The third-order valence-corrected chi connectivity index (χ3v) is 10.2. The minimum absolute atomic E-state index is 0.116. The van der Waals surface area contributed by atoms with Crippen LogP contribution in [-0.4, -0.2) is 14.5 Å². The lowest BCUT2D eigenvalue weighted by Gasteiger charge is -2.23. The van der Waals surface area contributed by atoms with Crippen molar-refractivity contribution >= 4 is 54.3 Å². The van der Waals surface area contributed by atoms with E-state index in [0.717, 1.165) is 38.6 Å². The smallest absolute Gasteiger partial charge is 0.235 e. The summed E-state index contributed by atoms with van der Waals surface area (Å²) in [6.07, 6.45) is 0. The second-order valence-corrected chi connectivity index (χ2v) is 13.0. The lowest BCUT2D eigenvalue weighted by atomic mass is 9.80. The highest BCUT2D eigenvalue weighted by Crippen LogP contribution is 2.52. The van der Waals surface area contributed by atoms with Gasteiger partial charge in [0.25, 0.3) is 0 Å². The van der Waals surface area contributed by atoms with Crippen molar-refractivity contribution in [1.29, 1.82) is 0 Å². The van der Waals surface area contributed by atoms with Gasteiger partial charge in [0.15, 0.2) is 0 Å². The summed E-state index contributed by atoms with van der Waals surface area (Å²) in [6.45, 7) is 4.72. The standard InChI is InChI=1S/C43H29N3/c1-43(2)36-18-10-8-16-30(36)32-22-21-28-24-35-31-17-9-11-19-37(31)46(38(35)25-34(28)39(32)43)42-44-40(27-13-4-3-5-14-27)33-23-20-26-12-6-7-15-29(26)41(33)45-42/h3-25H,1-2H3. The van der Waals surface area contributed by atoms with Crippen LogP contribution in [0.3, 0.4) is 0 Å². The molecule has 0 aliphatic heterocycles. The Bertz CT molecular complexity index is 2720. The molecule has 0 saturated heterocycles. The van der Waals surface area contributed by atoms with E-state index in [9.17, 15) is 0 Å². The number of fused-ring (bicyclic) bond motifs is 11. The molecule has 0 spiro atoms. The largest absolute Gasteiger partial charge is 0.278 e. The number of rotatable bonds is 2. The van der Waals surface area contributed by atoms with Gasteiger partial charge >= 0.3 is 0 Å². The fourth-order valence-electron chi connectivity index (χ4n) is 8.07. The van der Waals surface area contributed by atoms with E-state index in [1.54, 1.807) is 0 Å². The first kappa shape index (κ1) is 25.5. The molecule has 1 aliphatic rings. The maximum atomic E-state index is 5.40. The van der Waals surface area contributed by atoms with Crippen LogP contribution < -0.4 is 0 Å². The molecule has 46 heavy (non-hydrogen) atoms. The van der Waals surface area contributed by atoms with Crippen LogP contribution >= 0.6 is 0 Å². The molecule has 0 N–H and O–H groups in total. The summed E-state index contributed by atoms with van der Waals surface area (Å²) in [5, 5.41) is 8.30. The molecule has 216 valence electrons. The molecule has 0 radical (unpaired) electrons. The molecule has 0 bridgehead atoms. The van der Waals surface area contributed by atoms with E-state index in [4.69, 9.17) is 9.97 Å². The highest BCUT2D eigenvalue weighted by Gasteiger charge is 2.36. The first-order chi connectivity index (χ1) is 22.6. The van der Waals surface area contributed by atoms with Crippen LogP contribution in [0.15, 0.2) is 140 Å². The first-order valence-electron chi connectivity index (χ1n) is 15.9. The van der Waals surface area contributed by atoms with Crippen molar-refractivity contribution in [1.82, 2.24) is 14.5 Å². The second kappa shape index (κ2) is 9.12. The van der Waals surface area contributed by atoms with Crippen LogP contribution in [0.2, 0.25) is 0 Å². The molecule has 1 aliphatic carbocycles. The number of aromatic nitrogens is 3. The summed E-state index contributed by atoms with van der Waals surface area (Å²) in [4.78, 5) is 10.8. The molecule has 7 aromatic carbocycles. The van der Waals surface area contributed by atoms with Gasteiger partial charge in [-0.2, -0.15) is 0 Å². The van der Waals surface area contributed by atoms with Crippen LogP contribution in [0.4, 0.5) is 0 Å². The fraction of sp³-hybridized carbons (Fsp3) is 0.0698. The summed E-state index contributed by atoms with van der Waals surface area (Å²) in [7, 11) is 0. The van der Waals surface area contributed by atoms with Crippen molar-refractivity contribution in [3.05, 3.63) is 151 Å². The zero-order chi connectivity index (χ0) is 30.6. The monoisotopic (exact) mass is 587 g/mol. The summed E-state index contributed by atoms with van der Waals surface area (Å²) < 4.78 is 2.28. The normalized spacial score (nSPS) is 13.6. The molecule has 0 saturated carbocycles. The summed E-state index contributed by atoms with van der Waals surface area (Å²) in [5.41, 5.74) is 10.5. The van der Waals surface area contributed by atoms with Crippen LogP contribution in [0.5, 0.6) is 0 Å². The maximum Gasteiger partial charge on any atom is 0.235 e. The third kappa shape index (κ3) is 3.37. The van der Waals surface area contributed by atoms with Crippen molar-refractivity contribution in [3.8, 4) is 28.3 Å². The van der Waals surface area contributed by atoms with Gasteiger partial charge in [0.1, 0.15) is 0 Å². The average Bonchev–Trinajstić information content (AvgIpc) is 3.55. The highest BCUT2D eigenvalue weighted by atomic mass is 15.2.